The van der Waals surface area contributed by atoms with Crippen LogP contribution in [0.4, 0.5) is 5.95 Å². The fraction of sp³-hybridized carbons (Fsp3) is 0.400. The highest BCUT2D eigenvalue weighted by Crippen LogP contribution is 2.40. The Hall–Kier alpha value is -4.76. The highest BCUT2D eigenvalue weighted by atomic mass is 16.5. The molecule has 3 aliphatic heterocycles. The summed E-state index contributed by atoms with van der Waals surface area (Å²) < 4.78 is 12.4. The van der Waals surface area contributed by atoms with Gasteiger partial charge in [0.25, 0.3) is 11.8 Å². The van der Waals surface area contributed by atoms with Gasteiger partial charge in [0.2, 0.25) is 5.95 Å². The number of nitrogens with zero attached hydrogens (tertiary/aromatic N) is 5. The summed E-state index contributed by atoms with van der Waals surface area (Å²) in [6, 6.07) is 25.4. The minimum Gasteiger partial charge on any atom is -0.490 e. The Balaban J connectivity index is 0.837. The molecule has 4 aromatic rings. The summed E-state index contributed by atoms with van der Waals surface area (Å²) in [5, 5.41) is 0. The van der Waals surface area contributed by atoms with Crippen molar-refractivity contribution in [2.24, 2.45) is 5.41 Å². The summed E-state index contributed by atoms with van der Waals surface area (Å²) >= 11 is 0. The van der Waals surface area contributed by atoms with Gasteiger partial charge in [-0.05, 0) is 80.0 Å². The Bertz CT molecular complexity index is 1840. The molecule has 49 heavy (non-hydrogen) atoms. The highest BCUT2D eigenvalue weighted by molar-refractivity contribution is 6.21. The smallest absolute Gasteiger partial charge is 0.261 e. The van der Waals surface area contributed by atoms with E-state index in [4.69, 9.17) is 14.5 Å². The molecule has 1 unspecified atom stereocenters. The second kappa shape index (κ2) is 12.3. The second-order valence-corrected chi connectivity index (χ2v) is 14.9. The van der Waals surface area contributed by atoms with Crippen molar-refractivity contribution in [2.75, 3.05) is 38.1 Å². The molecule has 9 nitrogen and oxygen atoms in total. The third kappa shape index (κ3) is 5.94. The van der Waals surface area contributed by atoms with Gasteiger partial charge in [-0.25, -0.2) is 9.97 Å². The number of amides is 2. The molecule has 8 rings (SSSR count). The van der Waals surface area contributed by atoms with E-state index in [0.717, 1.165) is 42.8 Å². The molecule has 1 aromatic heterocycles. The Morgan fingerprint density at radius 3 is 2.08 bits per heavy atom. The third-order valence-corrected chi connectivity index (χ3v) is 11.2. The van der Waals surface area contributed by atoms with Crippen LogP contribution in [0.2, 0.25) is 0 Å². The van der Waals surface area contributed by atoms with E-state index in [1.807, 2.05) is 36.5 Å². The van der Waals surface area contributed by atoms with Crippen LogP contribution in [-0.4, -0.2) is 77.0 Å². The number of fused-ring (bicyclic) bond motifs is 1. The molecule has 0 radical (unpaired) electrons. The van der Waals surface area contributed by atoms with Gasteiger partial charge < -0.3 is 19.3 Å². The Kier molecular flexibility index (Phi) is 7.90. The van der Waals surface area contributed by atoms with Crippen LogP contribution in [0.1, 0.15) is 77.1 Å². The van der Waals surface area contributed by atoms with Gasteiger partial charge in [0, 0.05) is 55.5 Å². The molecular formula is C40H43N5O4. The van der Waals surface area contributed by atoms with Crippen molar-refractivity contribution in [3.05, 3.63) is 113 Å². The van der Waals surface area contributed by atoms with Crippen molar-refractivity contribution in [1.29, 1.82) is 0 Å². The summed E-state index contributed by atoms with van der Waals surface area (Å²) in [7, 11) is 2.21. The standard InChI is InChI=1S/C40H43N5O4/c1-39(2,28-10-14-32(15-11-28)49-33-22-30(23-33)45-36(46)34-6-4-5-7-35(34)37(45)47)27-8-12-31(13-9-27)48-24-29-16-19-41-38(42-29)44-21-18-40(26-44)17-20-43(3)25-40/h4-16,19,30,33H,17-18,20-26H2,1-3H3. The normalized spacial score (nSPS) is 23.7. The molecule has 3 aromatic carbocycles. The molecule has 2 amide bonds. The summed E-state index contributed by atoms with van der Waals surface area (Å²) in [5.74, 6) is 2.00. The van der Waals surface area contributed by atoms with Crippen molar-refractivity contribution < 1.29 is 19.1 Å². The van der Waals surface area contributed by atoms with Crippen LogP contribution in [0.25, 0.3) is 0 Å². The predicted octanol–water partition coefficient (Wildman–Crippen LogP) is 6.12. The molecule has 4 heterocycles. The molecular weight excluding hydrogens is 614 g/mol. The lowest BCUT2D eigenvalue weighted by molar-refractivity contribution is 0.0198. The molecule has 0 bridgehead atoms. The van der Waals surface area contributed by atoms with Crippen molar-refractivity contribution in [2.45, 2.75) is 63.7 Å². The number of carbonyl (C=O) groups is 2. The fourth-order valence-corrected chi connectivity index (χ4v) is 8.03. The second-order valence-electron chi connectivity index (χ2n) is 14.9. The summed E-state index contributed by atoms with van der Waals surface area (Å²) in [6.07, 6.45) is 5.55. The topological polar surface area (TPSA) is 88.1 Å². The molecule has 4 aliphatic rings. The van der Waals surface area contributed by atoms with Crippen molar-refractivity contribution in [3.8, 4) is 11.5 Å². The average molecular weight is 658 g/mol. The number of hydrogen-bond donors (Lipinski definition) is 0. The molecule has 1 aliphatic carbocycles. The van der Waals surface area contributed by atoms with Crippen LogP contribution >= 0.6 is 0 Å². The molecule has 1 spiro atoms. The van der Waals surface area contributed by atoms with Crippen molar-refractivity contribution in [3.63, 3.8) is 0 Å². The maximum Gasteiger partial charge on any atom is 0.261 e. The predicted molar refractivity (Wildman–Crippen MR) is 187 cm³/mol. The largest absolute Gasteiger partial charge is 0.490 e. The maximum atomic E-state index is 12.8. The first-order valence-corrected chi connectivity index (χ1v) is 17.4. The lowest BCUT2D eigenvalue weighted by atomic mass is 9.78. The van der Waals surface area contributed by atoms with E-state index in [9.17, 15) is 9.59 Å². The van der Waals surface area contributed by atoms with Crippen LogP contribution in [-0.2, 0) is 12.0 Å². The number of imide groups is 1. The van der Waals surface area contributed by atoms with Gasteiger partial charge in [-0.15, -0.1) is 0 Å². The van der Waals surface area contributed by atoms with Crippen LogP contribution in [0.15, 0.2) is 85.1 Å². The number of benzene rings is 3. The zero-order valence-electron chi connectivity index (χ0n) is 28.5. The van der Waals surface area contributed by atoms with Gasteiger partial charge >= 0.3 is 0 Å². The molecule has 1 saturated carbocycles. The Morgan fingerprint density at radius 1 is 0.816 bits per heavy atom. The quantitative estimate of drug-likeness (QED) is 0.199. The van der Waals surface area contributed by atoms with E-state index in [2.05, 4.69) is 59.9 Å². The van der Waals surface area contributed by atoms with Gasteiger partial charge in [-0.2, -0.15) is 0 Å². The first kappa shape index (κ1) is 31.5. The van der Waals surface area contributed by atoms with Crippen molar-refractivity contribution >= 4 is 17.8 Å². The van der Waals surface area contributed by atoms with Gasteiger partial charge in [-0.1, -0.05) is 50.2 Å². The van der Waals surface area contributed by atoms with E-state index in [-0.39, 0.29) is 29.4 Å². The average Bonchev–Trinajstić information content (AvgIpc) is 3.77. The van der Waals surface area contributed by atoms with Crippen LogP contribution in [0, 0.1) is 5.41 Å². The molecule has 252 valence electrons. The number of aromatic nitrogens is 2. The summed E-state index contributed by atoms with van der Waals surface area (Å²) in [6.45, 7) is 9.18. The summed E-state index contributed by atoms with van der Waals surface area (Å²) in [4.78, 5) is 41.2. The van der Waals surface area contributed by atoms with E-state index >= 15 is 0 Å². The Labute approximate surface area is 287 Å². The van der Waals surface area contributed by atoms with E-state index in [1.54, 1.807) is 24.3 Å². The molecule has 1 atom stereocenters. The van der Waals surface area contributed by atoms with Crippen LogP contribution in [0.3, 0.4) is 0 Å². The maximum absolute atomic E-state index is 12.8. The zero-order chi connectivity index (χ0) is 33.8. The number of rotatable bonds is 9. The first-order valence-electron chi connectivity index (χ1n) is 17.4. The van der Waals surface area contributed by atoms with E-state index < -0.39 is 0 Å². The van der Waals surface area contributed by atoms with Gasteiger partial charge in [0.05, 0.1) is 16.8 Å². The number of likely N-dealkylation sites (tertiary alicyclic amines) is 1. The molecule has 3 fully saturated rings. The number of ether oxygens (including phenoxy) is 2. The lowest BCUT2D eigenvalue weighted by Crippen LogP contribution is -2.51. The molecule has 0 N–H and O–H groups in total. The van der Waals surface area contributed by atoms with E-state index in [0.29, 0.717) is 36.0 Å². The minimum atomic E-state index is -0.229. The third-order valence-electron chi connectivity index (χ3n) is 11.2. The number of hydrogen-bond acceptors (Lipinski definition) is 8. The monoisotopic (exact) mass is 657 g/mol. The SMILES string of the molecule is CN1CCC2(CCN(c3nccc(COc4ccc(C(C)(C)c5ccc(OC6CC(N7C(=O)c8ccccc8C7=O)C6)cc5)cc4)n3)C2)C1. The summed E-state index contributed by atoms with van der Waals surface area (Å²) in [5.41, 5.74) is 4.38. The van der Waals surface area contributed by atoms with Gasteiger partial charge in [0.1, 0.15) is 24.2 Å². The zero-order valence-corrected chi connectivity index (χ0v) is 28.5. The Morgan fingerprint density at radius 2 is 1.45 bits per heavy atom. The van der Waals surface area contributed by atoms with E-state index in [1.165, 1.54) is 35.4 Å². The highest BCUT2D eigenvalue weighted by Gasteiger charge is 2.46. The number of carbonyl (C=O) groups excluding carboxylic acids is 2. The molecule has 2 saturated heterocycles. The van der Waals surface area contributed by atoms with Crippen LogP contribution in [0.5, 0.6) is 11.5 Å². The van der Waals surface area contributed by atoms with Gasteiger partial charge in [0.15, 0.2) is 0 Å². The fourth-order valence-electron chi connectivity index (χ4n) is 8.03. The molecule has 9 heteroatoms. The first-order chi connectivity index (χ1) is 23.7. The van der Waals surface area contributed by atoms with Crippen LogP contribution < -0.4 is 14.4 Å². The van der Waals surface area contributed by atoms with Crippen molar-refractivity contribution in [1.82, 2.24) is 19.8 Å². The number of anilines is 1. The van der Waals surface area contributed by atoms with Gasteiger partial charge in [-0.3, -0.25) is 14.5 Å². The lowest BCUT2D eigenvalue weighted by Gasteiger charge is -2.39. The minimum absolute atomic E-state index is 0.0267.